The number of amides is 1. The summed E-state index contributed by atoms with van der Waals surface area (Å²) in [5.41, 5.74) is 0.281. The second-order valence-electron chi connectivity index (χ2n) is 8.02. The van der Waals surface area contributed by atoms with E-state index in [1.807, 2.05) is 17.9 Å². The molecule has 25 heavy (non-hydrogen) atoms. The van der Waals surface area contributed by atoms with Gasteiger partial charge in [0, 0.05) is 25.4 Å². The van der Waals surface area contributed by atoms with Gasteiger partial charge in [0.1, 0.15) is 11.5 Å². The maximum atomic E-state index is 12.0. The fourth-order valence-corrected chi connectivity index (χ4v) is 4.32. The molecule has 0 saturated carbocycles. The van der Waals surface area contributed by atoms with Crippen LogP contribution in [0.1, 0.15) is 56.5 Å². The minimum atomic E-state index is 0.0675. The van der Waals surface area contributed by atoms with E-state index in [-0.39, 0.29) is 17.9 Å². The Kier molecular flexibility index (Phi) is 5.85. The van der Waals surface area contributed by atoms with Crippen LogP contribution in [0.25, 0.3) is 0 Å². The lowest BCUT2D eigenvalue weighted by atomic mass is 9.72. The van der Waals surface area contributed by atoms with Crippen LogP contribution in [0, 0.1) is 12.3 Å². The SMILES string of the molecule is Cc1ccc([C@@H](C)CCN2CCC3(CCC(=O)N(CCO)C3)CC2)o1. The average molecular weight is 348 g/mol. The number of aliphatic hydroxyl groups excluding tert-OH is 1. The van der Waals surface area contributed by atoms with Gasteiger partial charge < -0.3 is 19.3 Å². The molecule has 5 heteroatoms. The van der Waals surface area contributed by atoms with E-state index in [1.54, 1.807) is 0 Å². The molecule has 2 fully saturated rings. The summed E-state index contributed by atoms with van der Waals surface area (Å²) >= 11 is 0. The normalized spacial score (nSPS) is 22.5. The fraction of sp³-hybridized carbons (Fsp3) is 0.750. The molecule has 2 aliphatic rings. The van der Waals surface area contributed by atoms with E-state index < -0.39 is 0 Å². The van der Waals surface area contributed by atoms with Crippen LogP contribution in [0.5, 0.6) is 0 Å². The molecule has 140 valence electrons. The summed E-state index contributed by atoms with van der Waals surface area (Å²) in [4.78, 5) is 16.4. The Morgan fingerprint density at radius 1 is 1.24 bits per heavy atom. The predicted octanol–water partition coefficient (Wildman–Crippen LogP) is 2.78. The highest BCUT2D eigenvalue weighted by Crippen LogP contribution is 2.40. The molecular weight excluding hydrogens is 316 g/mol. The summed E-state index contributed by atoms with van der Waals surface area (Å²) in [7, 11) is 0. The van der Waals surface area contributed by atoms with Crippen LogP contribution >= 0.6 is 0 Å². The Balaban J connectivity index is 1.46. The summed E-state index contributed by atoms with van der Waals surface area (Å²) in [6, 6.07) is 4.14. The highest BCUT2D eigenvalue weighted by Gasteiger charge is 2.40. The molecule has 1 amide bonds. The summed E-state index contributed by atoms with van der Waals surface area (Å²) < 4.78 is 5.74. The van der Waals surface area contributed by atoms with Gasteiger partial charge in [0.2, 0.25) is 5.91 Å². The van der Waals surface area contributed by atoms with Crippen molar-refractivity contribution in [1.82, 2.24) is 9.80 Å². The quantitative estimate of drug-likeness (QED) is 0.859. The third-order valence-electron chi connectivity index (χ3n) is 6.16. The Labute approximate surface area is 151 Å². The van der Waals surface area contributed by atoms with Gasteiger partial charge in [-0.15, -0.1) is 0 Å². The summed E-state index contributed by atoms with van der Waals surface area (Å²) in [5.74, 6) is 2.75. The standard InChI is InChI=1S/C20H32N2O3/c1-16(18-4-3-17(2)25-18)6-10-21-11-8-20(9-12-21)7-5-19(24)22(15-20)13-14-23/h3-4,16,23H,5-15H2,1-2H3/t16-/m0/s1. The third-order valence-corrected chi connectivity index (χ3v) is 6.16. The van der Waals surface area contributed by atoms with E-state index in [1.165, 1.54) is 0 Å². The lowest BCUT2D eigenvalue weighted by Gasteiger charge is -2.47. The van der Waals surface area contributed by atoms with Crippen molar-refractivity contribution >= 4 is 5.91 Å². The number of hydrogen-bond donors (Lipinski definition) is 1. The first kappa shape index (κ1) is 18.5. The topological polar surface area (TPSA) is 56.9 Å². The summed E-state index contributed by atoms with van der Waals surface area (Å²) in [6.07, 6.45) is 5.11. The monoisotopic (exact) mass is 348 g/mol. The van der Waals surface area contributed by atoms with E-state index in [9.17, 15) is 9.90 Å². The van der Waals surface area contributed by atoms with E-state index in [0.29, 0.717) is 18.9 Å². The number of nitrogens with zero attached hydrogens (tertiary/aromatic N) is 2. The molecule has 3 rings (SSSR count). The average Bonchev–Trinajstić information content (AvgIpc) is 3.04. The van der Waals surface area contributed by atoms with Gasteiger partial charge in [-0.2, -0.15) is 0 Å². The van der Waals surface area contributed by atoms with Gasteiger partial charge in [0.05, 0.1) is 6.61 Å². The van der Waals surface area contributed by atoms with Gasteiger partial charge in [-0.1, -0.05) is 6.92 Å². The van der Waals surface area contributed by atoms with Gasteiger partial charge in [0.25, 0.3) is 0 Å². The minimum Gasteiger partial charge on any atom is -0.466 e. The van der Waals surface area contributed by atoms with E-state index in [2.05, 4.69) is 17.9 Å². The van der Waals surface area contributed by atoms with E-state index >= 15 is 0 Å². The number of rotatable bonds is 6. The molecule has 0 bridgehead atoms. The molecule has 2 saturated heterocycles. The van der Waals surface area contributed by atoms with Gasteiger partial charge in [-0.05, 0) is 69.8 Å². The number of piperidine rings is 2. The van der Waals surface area contributed by atoms with Crippen LogP contribution in [0.2, 0.25) is 0 Å². The smallest absolute Gasteiger partial charge is 0.222 e. The molecule has 1 N–H and O–H groups in total. The predicted molar refractivity (Wildman–Crippen MR) is 97.5 cm³/mol. The maximum Gasteiger partial charge on any atom is 0.222 e. The zero-order valence-electron chi connectivity index (χ0n) is 15.7. The fourth-order valence-electron chi connectivity index (χ4n) is 4.32. The van der Waals surface area contributed by atoms with Crippen molar-refractivity contribution in [1.29, 1.82) is 0 Å². The molecule has 3 heterocycles. The number of furan rings is 1. The first-order valence-corrected chi connectivity index (χ1v) is 9.69. The van der Waals surface area contributed by atoms with Crippen LogP contribution in [0.15, 0.2) is 16.5 Å². The molecule has 1 aromatic rings. The minimum absolute atomic E-state index is 0.0675. The van der Waals surface area contributed by atoms with Crippen LogP contribution in [0.4, 0.5) is 0 Å². The molecular formula is C20H32N2O3. The van der Waals surface area contributed by atoms with Crippen molar-refractivity contribution in [2.45, 2.75) is 51.9 Å². The molecule has 0 aliphatic carbocycles. The highest BCUT2D eigenvalue weighted by molar-refractivity contribution is 5.77. The van der Waals surface area contributed by atoms with Crippen molar-refractivity contribution in [3.8, 4) is 0 Å². The van der Waals surface area contributed by atoms with Crippen molar-refractivity contribution in [3.05, 3.63) is 23.7 Å². The number of likely N-dealkylation sites (tertiary alicyclic amines) is 2. The number of aliphatic hydroxyl groups is 1. The molecule has 0 unspecified atom stereocenters. The van der Waals surface area contributed by atoms with Gasteiger partial charge in [-0.25, -0.2) is 0 Å². The molecule has 1 spiro atoms. The zero-order valence-corrected chi connectivity index (χ0v) is 15.7. The summed E-state index contributed by atoms with van der Waals surface area (Å²) in [6.45, 7) is 8.97. The largest absolute Gasteiger partial charge is 0.466 e. The number of aryl methyl sites for hydroxylation is 1. The highest BCUT2D eigenvalue weighted by atomic mass is 16.3. The maximum absolute atomic E-state index is 12.0. The first-order chi connectivity index (χ1) is 12.0. The second kappa shape index (κ2) is 7.92. The van der Waals surface area contributed by atoms with E-state index in [4.69, 9.17) is 4.42 Å². The Morgan fingerprint density at radius 2 is 2.00 bits per heavy atom. The number of carbonyl (C=O) groups excluding carboxylic acids is 1. The van der Waals surface area contributed by atoms with Crippen LogP contribution in [-0.4, -0.2) is 60.1 Å². The van der Waals surface area contributed by atoms with Crippen molar-refractivity contribution in [3.63, 3.8) is 0 Å². The molecule has 0 radical (unpaired) electrons. The molecule has 0 aromatic carbocycles. The number of β-amino-alcohol motifs (C(OH)–C–C–N with tert-alkyl or cyclic N) is 1. The lowest BCUT2D eigenvalue weighted by molar-refractivity contribution is -0.139. The second-order valence-corrected chi connectivity index (χ2v) is 8.02. The Morgan fingerprint density at radius 3 is 2.64 bits per heavy atom. The molecule has 1 atom stereocenters. The van der Waals surface area contributed by atoms with Crippen molar-refractivity contribution in [2.24, 2.45) is 5.41 Å². The van der Waals surface area contributed by atoms with Gasteiger partial charge in [-0.3, -0.25) is 4.79 Å². The Bertz CT molecular complexity index is 575. The summed E-state index contributed by atoms with van der Waals surface area (Å²) in [5, 5.41) is 9.17. The molecule has 5 nitrogen and oxygen atoms in total. The molecule has 1 aromatic heterocycles. The van der Waals surface area contributed by atoms with Crippen LogP contribution in [-0.2, 0) is 4.79 Å². The Hall–Kier alpha value is -1.33. The number of hydrogen-bond acceptors (Lipinski definition) is 4. The van der Waals surface area contributed by atoms with Crippen molar-refractivity contribution < 1.29 is 14.3 Å². The van der Waals surface area contributed by atoms with Crippen molar-refractivity contribution in [2.75, 3.05) is 39.3 Å². The lowest BCUT2D eigenvalue weighted by Crippen LogP contribution is -2.52. The number of carbonyl (C=O) groups is 1. The van der Waals surface area contributed by atoms with Gasteiger partial charge >= 0.3 is 0 Å². The van der Waals surface area contributed by atoms with Gasteiger partial charge in [0.15, 0.2) is 0 Å². The van der Waals surface area contributed by atoms with Crippen LogP contribution in [0.3, 0.4) is 0 Å². The molecule has 2 aliphatic heterocycles. The zero-order chi connectivity index (χ0) is 17.9. The van der Waals surface area contributed by atoms with E-state index in [0.717, 1.165) is 63.4 Å². The first-order valence-electron chi connectivity index (χ1n) is 9.69. The third kappa shape index (κ3) is 4.45. The van der Waals surface area contributed by atoms with Crippen LogP contribution < -0.4 is 0 Å².